The maximum atomic E-state index is 10.8. The second-order valence-electron chi connectivity index (χ2n) is 2.90. The molecule has 0 fully saturated rings. The van der Waals surface area contributed by atoms with Gasteiger partial charge >= 0.3 is 0 Å². The van der Waals surface area contributed by atoms with Crippen LogP contribution in [0, 0.1) is 3.57 Å². The Morgan fingerprint density at radius 1 is 1.43 bits per heavy atom. The first-order valence-electron chi connectivity index (χ1n) is 4.16. The molecule has 1 aromatic carbocycles. The largest absolute Gasteiger partial charge is 0.489 e. The van der Waals surface area contributed by atoms with Gasteiger partial charge in [-0.2, -0.15) is 0 Å². The lowest BCUT2D eigenvalue weighted by Gasteiger charge is -2.05. The summed E-state index contributed by atoms with van der Waals surface area (Å²) in [5.41, 5.74) is 0.489. The number of rotatable bonds is 4. The molecule has 2 nitrogen and oxygen atoms in total. The third-order valence-electron chi connectivity index (χ3n) is 1.72. The number of benzene rings is 1. The zero-order valence-corrected chi connectivity index (χ0v) is 10.1. The number of carbonyl (C=O) groups excluding carboxylic acids is 1. The average molecular weight is 302 g/mol. The maximum Gasteiger partial charge on any atom is 0.158 e. The van der Waals surface area contributed by atoms with Crippen molar-refractivity contribution in [1.82, 2.24) is 0 Å². The quantitative estimate of drug-likeness (QED) is 0.631. The molecule has 0 spiro atoms. The molecule has 0 bridgehead atoms. The van der Waals surface area contributed by atoms with Crippen molar-refractivity contribution in [2.24, 2.45) is 0 Å². The van der Waals surface area contributed by atoms with Crippen molar-refractivity contribution in [1.29, 1.82) is 0 Å². The second-order valence-corrected chi connectivity index (χ2v) is 4.15. The minimum absolute atomic E-state index is 0.0319. The summed E-state index contributed by atoms with van der Waals surface area (Å²) in [6.45, 7) is 5.36. The number of ketones is 1. The highest BCUT2D eigenvalue weighted by atomic mass is 127. The molecule has 0 radical (unpaired) electrons. The molecule has 74 valence electrons. The molecule has 0 N–H and O–H groups in total. The Hall–Kier alpha value is -0.840. The number of ether oxygens (including phenoxy) is 1. The Morgan fingerprint density at radius 2 is 2.00 bits per heavy atom. The number of carbonyl (C=O) groups is 1. The van der Waals surface area contributed by atoms with Crippen LogP contribution in [0.5, 0.6) is 5.75 Å². The lowest BCUT2D eigenvalue weighted by Crippen LogP contribution is -2.06. The molecule has 0 aliphatic rings. The molecule has 0 saturated carbocycles. The molecule has 1 rings (SSSR count). The van der Waals surface area contributed by atoms with Crippen LogP contribution in [0.3, 0.4) is 0 Å². The third kappa shape index (κ3) is 3.49. The molecular weight excluding hydrogens is 291 g/mol. The lowest BCUT2D eigenvalue weighted by molar-refractivity contribution is -0.113. The van der Waals surface area contributed by atoms with E-state index in [2.05, 4.69) is 29.2 Å². The van der Waals surface area contributed by atoms with E-state index in [9.17, 15) is 4.79 Å². The smallest absolute Gasteiger partial charge is 0.158 e. The Balaban J connectivity index is 2.50. The molecule has 0 atom stereocenters. The summed E-state index contributed by atoms with van der Waals surface area (Å²) in [4.78, 5) is 10.8. The summed E-state index contributed by atoms with van der Waals surface area (Å²) in [7, 11) is 0. The number of hydrogen-bond donors (Lipinski definition) is 0. The van der Waals surface area contributed by atoms with Crippen LogP contribution < -0.4 is 4.74 Å². The van der Waals surface area contributed by atoms with Gasteiger partial charge in [0.05, 0.1) is 0 Å². The first-order chi connectivity index (χ1) is 6.59. The topological polar surface area (TPSA) is 26.3 Å². The molecule has 0 aliphatic heterocycles. The van der Waals surface area contributed by atoms with E-state index in [1.54, 1.807) is 0 Å². The number of halogens is 1. The zero-order valence-electron chi connectivity index (χ0n) is 7.92. The van der Waals surface area contributed by atoms with Gasteiger partial charge in [0.15, 0.2) is 5.78 Å². The van der Waals surface area contributed by atoms with Crippen LogP contribution in [0.4, 0.5) is 0 Å². The summed E-state index contributed by atoms with van der Waals surface area (Å²) >= 11 is 2.22. The molecule has 0 amide bonds. The van der Waals surface area contributed by atoms with Crippen LogP contribution in [0.15, 0.2) is 36.4 Å². The van der Waals surface area contributed by atoms with Gasteiger partial charge in [-0.05, 0) is 53.8 Å². The highest BCUT2D eigenvalue weighted by molar-refractivity contribution is 14.1. The van der Waals surface area contributed by atoms with E-state index in [4.69, 9.17) is 4.74 Å². The van der Waals surface area contributed by atoms with E-state index in [0.717, 1.165) is 9.32 Å². The summed E-state index contributed by atoms with van der Waals surface area (Å²) in [6.07, 6.45) is 0. The Morgan fingerprint density at radius 3 is 2.50 bits per heavy atom. The normalized spacial score (nSPS) is 9.57. The van der Waals surface area contributed by atoms with Gasteiger partial charge in [-0.1, -0.05) is 6.58 Å². The molecule has 0 aromatic heterocycles. The fraction of sp³-hybridized carbons (Fsp3) is 0.182. The van der Waals surface area contributed by atoms with Crippen LogP contribution in [0.25, 0.3) is 0 Å². The highest BCUT2D eigenvalue weighted by Crippen LogP contribution is 2.14. The van der Waals surface area contributed by atoms with Crippen LogP contribution in [-0.4, -0.2) is 12.4 Å². The van der Waals surface area contributed by atoms with Crippen molar-refractivity contribution >= 4 is 28.4 Å². The molecule has 0 saturated heterocycles. The van der Waals surface area contributed by atoms with E-state index in [0.29, 0.717) is 5.57 Å². The summed E-state index contributed by atoms with van der Waals surface area (Å²) in [5.74, 6) is 0.725. The van der Waals surface area contributed by atoms with Crippen molar-refractivity contribution in [3.8, 4) is 5.75 Å². The molecule has 0 heterocycles. The first kappa shape index (κ1) is 11.2. The van der Waals surface area contributed by atoms with Gasteiger partial charge in [0, 0.05) is 9.14 Å². The molecule has 1 aromatic rings. The fourth-order valence-corrected chi connectivity index (χ4v) is 1.16. The van der Waals surface area contributed by atoms with Crippen LogP contribution in [-0.2, 0) is 4.79 Å². The van der Waals surface area contributed by atoms with Crippen molar-refractivity contribution in [2.75, 3.05) is 6.61 Å². The molecular formula is C11H11IO2. The summed E-state index contributed by atoms with van der Waals surface area (Å²) in [5, 5.41) is 0. The average Bonchev–Trinajstić information content (AvgIpc) is 2.16. The lowest BCUT2D eigenvalue weighted by atomic mass is 10.2. The van der Waals surface area contributed by atoms with Gasteiger partial charge in [0.2, 0.25) is 0 Å². The van der Waals surface area contributed by atoms with Gasteiger partial charge in [-0.25, -0.2) is 0 Å². The summed E-state index contributed by atoms with van der Waals surface area (Å²) < 4.78 is 6.51. The van der Waals surface area contributed by atoms with Crippen molar-refractivity contribution in [2.45, 2.75) is 6.92 Å². The van der Waals surface area contributed by atoms with Gasteiger partial charge in [0.1, 0.15) is 12.4 Å². The summed E-state index contributed by atoms with van der Waals surface area (Å²) in [6, 6.07) is 7.64. The van der Waals surface area contributed by atoms with E-state index in [1.165, 1.54) is 6.92 Å². The van der Waals surface area contributed by atoms with Gasteiger partial charge < -0.3 is 4.74 Å². The predicted molar refractivity (Wildman–Crippen MR) is 64.5 cm³/mol. The van der Waals surface area contributed by atoms with Gasteiger partial charge in [0.25, 0.3) is 0 Å². The Labute approximate surface area is 97.1 Å². The number of hydrogen-bond acceptors (Lipinski definition) is 2. The number of Topliss-reactive ketones (excluding diaryl/α,β-unsaturated/α-hetero) is 1. The predicted octanol–water partition coefficient (Wildman–Crippen LogP) is 2.82. The minimum atomic E-state index is -0.0319. The third-order valence-corrected chi connectivity index (χ3v) is 2.44. The Kier molecular flexibility index (Phi) is 4.13. The molecule has 0 unspecified atom stereocenters. The van der Waals surface area contributed by atoms with Crippen molar-refractivity contribution in [3.63, 3.8) is 0 Å². The maximum absolute atomic E-state index is 10.8. The second kappa shape index (κ2) is 5.14. The zero-order chi connectivity index (χ0) is 10.6. The SMILES string of the molecule is C=C(COc1ccc(I)cc1)C(C)=O. The standard InChI is InChI=1S/C11H11IO2/c1-8(9(2)13)7-14-11-5-3-10(12)4-6-11/h3-6H,1,7H2,2H3. The monoisotopic (exact) mass is 302 g/mol. The van der Waals surface area contributed by atoms with E-state index < -0.39 is 0 Å². The van der Waals surface area contributed by atoms with Gasteiger partial charge in [-0.3, -0.25) is 4.79 Å². The van der Waals surface area contributed by atoms with Crippen LogP contribution in [0.1, 0.15) is 6.92 Å². The first-order valence-corrected chi connectivity index (χ1v) is 5.24. The van der Waals surface area contributed by atoms with Crippen molar-refractivity contribution in [3.05, 3.63) is 40.0 Å². The molecule has 14 heavy (non-hydrogen) atoms. The molecule has 0 aliphatic carbocycles. The van der Waals surface area contributed by atoms with E-state index in [1.807, 2.05) is 24.3 Å². The fourth-order valence-electron chi connectivity index (χ4n) is 0.803. The Bertz CT molecular complexity index is 341. The minimum Gasteiger partial charge on any atom is -0.489 e. The highest BCUT2D eigenvalue weighted by Gasteiger charge is 2.01. The van der Waals surface area contributed by atoms with E-state index in [-0.39, 0.29) is 12.4 Å². The van der Waals surface area contributed by atoms with E-state index >= 15 is 0 Å². The van der Waals surface area contributed by atoms with Crippen LogP contribution >= 0.6 is 22.6 Å². The van der Waals surface area contributed by atoms with Crippen molar-refractivity contribution < 1.29 is 9.53 Å². The molecule has 3 heteroatoms. The van der Waals surface area contributed by atoms with Gasteiger partial charge in [-0.15, -0.1) is 0 Å². The van der Waals surface area contributed by atoms with Crippen LogP contribution in [0.2, 0.25) is 0 Å².